The summed E-state index contributed by atoms with van der Waals surface area (Å²) in [6, 6.07) is 8.02. The maximum atomic E-state index is 10.7. The lowest BCUT2D eigenvalue weighted by molar-refractivity contribution is -0.385. The number of benzene rings is 1. The molecule has 1 aromatic heterocycles. The summed E-state index contributed by atoms with van der Waals surface area (Å²) >= 11 is 3.15. The van der Waals surface area contributed by atoms with Gasteiger partial charge in [0.1, 0.15) is 17.6 Å². The minimum absolute atomic E-state index is 0.000978. The first-order valence-electron chi connectivity index (χ1n) is 5.21. The van der Waals surface area contributed by atoms with Gasteiger partial charge in [-0.2, -0.15) is 0 Å². The molecule has 1 heterocycles. The molecule has 0 aliphatic carbocycles. The highest BCUT2D eigenvalue weighted by molar-refractivity contribution is 9.10. The van der Waals surface area contributed by atoms with Crippen LogP contribution in [0.5, 0.6) is 0 Å². The average molecular weight is 312 g/mol. The second-order valence-electron chi connectivity index (χ2n) is 3.80. The minimum atomic E-state index is -0.680. The third-order valence-electron chi connectivity index (χ3n) is 2.47. The van der Waals surface area contributed by atoms with Crippen molar-refractivity contribution in [3.05, 3.63) is 50.7 Å². The van der Waals surface area contributed by atoms with Crippen molar-refractivity contribution in [3.8, 4) is 11.3 Å². The van der Waals surface area contributed by atoms with E-state index >= 15 is 0 Å². The number of nitro benzene ring substituents is 1. The molecule has 2 rings (SSSR count). The highest BCUT2D eigenvalue weighted by Gasteiger charge is 2.14. The molecule has 0 saturated carbocycles. The lowest BCUT2D eigenvalue weighted by Crippen LogP contribution is -1.89. The highest BCUT2D eigenvalue weighted by Crippen LogP contribution is 2.32. The molecular formula is C12H10BrNO4. The maximum Gasteiger partial charge on any atom is 0.283 e. The quantitative estimate of drug-likeness (QED) is 0.693. The van der Waals surface area contributed by atoms with E-state index in [1.807, 2.05) is 0 Å². The molecule has 18 heavy (non-hydrogen) atoms. The van der Waals surface area contributed by atoms with Crippen LogP contribution in [-0.4, -0.2) is 10.0 Å². The molecule has 0 aliphatic heterocycles. The molecule has 0 amide bonds. The van der Waals surface area contributed by atoms with Gasteiger partial charge in [0.15, 0.2) is 0 Å². The number of nitro groups is 1. The molecule has 0 spiro atoms. The van der Waals surface area contributed by atoms with Crippen molar-refractivity contribution in [3.63, 3.8) is 0 Å². The van der Waals surface area contributed by atoms with Gasteiger partial charge in [0.05, 0.1) is 9.40 Å². The van der Waals surface area contributed by atoms with Crippen LogP contribution in [0.4, 0.5) is 5.69 Å². The number of aliphatic hydroxyl groups is 1. The van der Waals surface area contributed by atoms with E-state index < -0.39 is 11.0 Å². The Balaban J connectivity index is 2.39. The largest absolute Gasteiger partial charge is 0.458 e. The molecule has 6 heteroatoms. The monoisotopic (exact) mass is 311 g/mol. The van der Waals surface area contributed by atoms with E-state index in [-0.39, 0.29) is 5.69 Å². The van der Waals surface area contributed by atoms with Gasteiger partial charge in [-0.25, -0.2) is 0 Å². The smallest absolute Gasteiger partial charge is 0.283 e. The predicted molar refractivity (Wildman–Crippen MR) is 69.1 cm³/mol. The van der Waals surface area contributed by atoms with E-state index in [0.29, 0.717) is 21.6 Å². The van der Waals surface area contributed by atoms with Gasteiger partial charge in [-0.1, -0.05) is 0 Å². The van der Waals surface area contributed by atoms with Crippen LogP contribution in [0.25, 0.3) is 11.3 Å². The maximum absolute atomic E-state index is 10.7. The third-order valence-corrected chi connectivity index (χ3v) is 3.10. The molecule has 0 bridgehead atoms. The van der Waals surface area contributed by atoms with Crippen molar-refractivity contribution < 1.29 is 14.4 Å². The molecule has 0 saturated heterocycles. The zero-order chi connectivity index (χ0) is 13.3. The number of aliphatic hydroxyl groups excluding tert-OH is 1. The fourth-order valence-electron chi connectivity index (χ4n) is 1.54. The number of halogens is 1. The lowest BCUT2D eigenvalue weighted by atomic mass is 10.1. The molecule has 2 aromatic rings. The number of hydrogen-bond donors (Lipinski definition) is 1. The van der Waals surface area contributed by atoms with Crippen LogP contribution in [0, 0.1) is 10.1 Å². The van der Waals surface area contributed by atoms with Crippen molar-refractivity contribution in [2.24, 2.45) is 0 Å². The standard InChI is InChI=1S/C12H10BrNO4/c1-7(15)11-4-5-12(18-11)8-2-3-10(14(16)17)9(13)6-8/h2-7,15H,1H3. The Hall–Kier alpha value is -1.66. The van der Waals surface area contributed by atoms with E-state index in [2.05, 4.69) is 15.9 Å². The van der Waals surface area contributed by atoms with Gasteiger partial charge in [-0.3, -0.25) is 10.1 Å². The fraction of sp³-hybridized carbons (Fsp3) is 0.167. The van der Waals surface area contributed by atoms with Gasteiger partial charge >= 0.3 is 0 Å². The Labute approximate surface area is 111 Å². The molecule has 1 N–H and O–H groups in total. The summed E-state index contributed by atoms with van der Waals surface area (Å²) in [7, 11) is 0. The van der Waals surface area contributed by atoms with Gasteiger partial charge < -0.3 is 9.52 Å². The van der Waals surface area contributed by atoms with E-state index in [9.17, 15) is 15.2 Å². The van der Waals surface area contributed by atoms with Gasteiger partial charge in [-0.15, -0.1) is 0 Å². The summed E-state index contributed by atoms with van der Waals surface area (Å²) in [5.41, 5.74) is 0.709. The Kier molecular flexibility index (Phi) is 3.49. The van der Waals surface area contributed by atoms with E-state index in [1.165, 1.54) is 6.07 Å². The number of nitrogens with zero attached hydrogens (tertiary/aromatic N) is 1. The Bertz CT molecular complexity index is 592. The molecule has 5 nitrogen and oxygen atoms in total. The lowest BCUT2D eigenvalue weighted by Gasteiger charge is -2.01. The molecule has 0 aliphatic rings. The highest BCUT2D eigenvalue weighted by atomic mass is 79.9. The Morgan fingerprint density at radius 1 is 1.39 bits per heavy atom. The van der Waals surface area contributed by atoms with Crippen molar-refractivity contribution in [2.75, 3.05) is 0 Å². The van der Waals surface area contributed by atoms with Crippen LogP contribution in [-0.2, 0) is 0 Å². The number of furan rings is 1. The normalized spacial score (nSPS) is 12.4. The van der Waals surface area contributed by atoms with Crippen LogP contribution in [0.2, 0.25) is 0 Å². The summed E-state index contributed by atoms with van der Waals surface area (Å²) in [5.74, 6) is 1.01. The Morgan fingerprint density at radius 3 is 2.61 bits per heavy atom. The molecule has 0 fully saturated rings. The van der Waals surface area contributed by atoms with E-state index in [0.717, 1.165) is 0 Å². The first kappa shape index (κ1) is 12.8. The topological polar surface area (TPSA) is 76.5 Å². The summed E-state index contributed by atoms with van der Waals surface area (Å²) in [4.78, 5) is 10.2. The average Bonchev–Trinajstić information content (AvgIpc) is 2.77. The second-order valence-corrected chi connectivity index (χ2v) is 4.66. The summed E-state index contributed by atoms with van der Waals surface area (Å²) < 4.78 is 5.83. The SMILES string of the molecule is CC(O)c1ccc(-c2ccc([N+](=O)[O-])c(Br)c2)o1. The molecule has 1 unspecified atom stereocenters. The van der Waals surface area contributed by atoms with E-state index in [1.54, 1.807) is 31.2 Å². The first-order chi connectivity index (χ1) is 8.49. The van der Waals surface area contributed by atoms with Crippen molar-refractivity contribution in [1.29, 1.82) is 0 Å². The molecule has 1 aromatic carbocycles. The van der Waals surface area contributed by atoms with Crippen LogP contribution in [0.1, 0.15) is 18.8 Å². The van der Waals surface area contributed by atoms with Crippen LogP contribution in [0.15, 0.2) is 39.2 Å². The van der Waals surface area contributed by atoms with Gasteiger partial charge in [0, 0.05) is 11.6 Å². The molecular weight excluding hydrogens is 302 g/mol. The first-order valence-corrected chi connectivity index (χ1v) is 6.00. The van der Waals surface area contributed by atoms with Crippen LogP contribution in [0.3, 0.4) is 0 Å². The number of hydrogen-bond acceptors (Lipinski definition) is 4. The zero-order valence-corrected chi connectivity index (χ0v) is 11.0. The summed E-state index contributed by atoms with van der Waals surface area (Å²) in [6.07, 6.45) is -0.680. The van der Waals surface area contributed by atoms with Crippen LogP contribution < -0.4 is 0 Å². The third kappa shape index (κ3) is 2.44. The zero-order valence-electron chi connectivity index (χ0n) is 9.46. The van der Waals surface area contributed by atoms with Gasteiger partial charge in [-0.05, 0) is 47.1 Å². The molecule has 94 valence electrons. The van der Waals surface area contributed by atoms with Gasteiger partial charge in [0.2, 0.25) is 0 Å². The molecule has 1 atom stereocenters. The van der Waals surface area contributed by atoms with E-state index in [4.69, 9.17) is 4.42 Å². The molecule has 0 radical (unpaired) electrons. The second kappa shape index (κ2) is 4.91. The summed E-state index contributed by atoms with van der Waals surface area (Å²) in [6.45, 7) is 1.61. The van der Waals surface area contributed by atoms with Crippen molar-refractivity contribution in [1.82, 2.24) is 0 Å². The van der Waals surface area contributed by atoms with Gasteiger partial charge in [0.25, 0.3) is 5.69 Å². The Morgan fingerprint density at radius 2 is 2.11 bits per heavy atom. The van der Waals surface area contributed by atoms with Crippen molar-refractivity contribution >= 4 is 21.6 Å². The number of rotatable bonds is 3. The van der Waals surface area contributed by atoms with Crippen LogP contribution >= 0.6 is 15.9 Å². The summed E-state index contributed by atoms with van der Waals surface area (Å²) in [5, 5.41) is 20.0. The predicted octanol–water partition coefficient (Wildman–Crippen LogP) is 3.67. The minimum Gasteiger partial charge on any atom is -0.458 e. The fourth-order valence-corrected chi connectivity index (χ4v) is 2.06. The van der Waals surface area contributed by atoms with Crippen molar-refractivity contribution in [2.45, 2.75) is 13.0 Å².